The zero-order valence-corrected chi connectivity index (χ0v) is 6.80. The molecule has 0 aliphatic heterocycles. The summed E-state index contributed by atoms with van der Waals surface area (Å²) >= 11 is 0. The van der Waals surface area contributed by atoms with E-state index in [2.05, 4.69) is 6.92 Å². The van der Waals surface area contributed by atoms with E-state index in [1.54, 1.807) is 0 Å². The summed E-state index contributed by atoms with van der Waals surface area (Å²) in [6.45, 7) is 2.67. The van der Waals surface area contributed by atoms with Crippen molar-refractivity contribution in [2.45, 2.75) is 19.9 Å². The molecule has 60 valence electrons. The predicted octanol–water partition coefficient (Wildman–Crippen LogP) is 1.29. The van der Waals surface area contributed by atoms with Crippen LogP contribution in [0.25, 0.3) is 0 Å². The Bertz CT molecular complexity index is 243. The molecule has 0 atom stereocenters. The van der Waals surface area contributed by atoms with Crippen molar-refractivity contribution in [3.8, 4) is 0 Å². The van der Waals surface area contributed by atoms with Crippen LogP contribution in [0.2, 0.25) is 0 Å². The van der Waals surface area contributed by atoms with E-state index in [0.717, 1.165) is 17.7 Å². The van der Waals surface area contributed by atoms with Gasteiger partial charge in [-0.3, -0.25) is 0 Å². The highest BCUT2D eigenvalue weighted by atomic mass is 14.6. The van der Waals surface area contributed by atoms with Crippen LogP contribution in [0.3, 0.4) is 0 Å². The van der Waals surface area contributed by atoms with Gasteiger partial charge in [-0.1, -0.05) is 19.1 Å². The minimum atomic E-state index is 0.578. The monoisotopic (exact) mass is 150 g/mol. The second kappa shape index (κ2) is 3.39. The Hall–Kier alpha value is -1.02. The summed E-state index contributed by atoms with van der Waals surface area (Å²) in [7, 11) is 0. The van der Waals surface area contributed by atoms with Gasteiger partial charge in [0.25, 0.3) is 0 Å². The lowest BCUT2D eigenvalue weighted by molar-refractivity contribution is 1.01. The van der Waals surface area contributed by atoms with Gasteiger partial charge >= 0.3 is 0 Å². The molecule has 4 N–H and O–H groups in total. The number of benzene rings is 1. The average Bonchev–Trinajstić information content (AvgIpc) is 2.04. The first-order valence-corrected chi connectivity index (χ1v) is 3.86. The normalized spacial score (nSPS) is 10.0. The lowest BCUT2D eigenvalue weighted by Gasteiger charge is -2.07. The molecule has 0 amide bonds. The van der Waals surface area contributed by atoms with Crippen molar-refractivity contribution in [1.82, 2.24) is 0 Å². The van der Waals surface area contributed by atoms with E-state index in [9.17, 15) is 0 Å². The minimum absolute atomic E-state index is 0.578. The fraction of sp³-hybridized carbons (Fsp3) is 0.333. The first kappa shape index (κ1) is 8.08. The van der Waals surface area contributed by atoms with Crippen LogP contribution < -0.4 is 11.5 Å². The lowest BCUT2D eigenvalue weighted by atomic mass is 10.0. The predicted molar refractivity (Wildman–Crippen MR) is 48.1 cm³/mol. The van der Waals surface area contributed by atoms with E-state index in [-0.39, 0.29) is 0 Å². The van der Waals surface area contributed by atoms with Crippen LogP contribution >= 0.6 is 0 Å². The van der Waals surface area contributed by atoms with Crippen LogP contribution in [-0.2, 0) is 13.0 Å². The van der Waals surface area contributed by atoms with Crippen molar-refractivity contribution < 1.29 is 0 Å². The van der Waals surface area contributed by atoms with E-state index in [0.29, 0.717) is 6.54 Å². The van der Waals surface area contributed by atoms with Gasteiger partial charge in [0, 0.05) is 12.2 Å². The second-order valence-corrected chi connectivity index (χ2v) is 2.54. The maximum Gasteiger partial charge on any atom is 0.0349 e. The summed E-state index contributed by atoms with van der Waals surface area (Å²) in [5, 5.41) is 0. The molecule has 0 saturated heterocycles. The summed E-state index contributed by atoms with van der Waals surface area (Å²) in [5.74, 6) is 0. The SMILES string of the molecule is CCc1c(N)cccc1CN. The van der Waals surface area contributed by atoms with E-state index < -0.39 is 0 Å². The Morgan fingerprint density at radius 3 is 2.55 bits per heavy atom. The first-order valence-electron chi connectivity index (χ1n) is 3.86. The summed E-state index contributed by atoms with van der Waals surface area (Å²) in [6.07, 6.45) is 0.958. The van der Waals surface area contributed by atoms with Gasteiger partial charge in [0.15, 0.2) is 0 Å². The zero-order valence-electron chi connectivity index (χ0n) is 6.80. The average molecular weight is 150 g/mol. The van der Waals surface area contributed by atoms with E-state index >= 15 is 0 Å². The fourth-order valence-electron chi connectivity index (χ4n) is 1.28. The van der Waals surface area contributed by atoms with Crippen molar-refractivity contribution in [3.63, 3.8) is 0 Å². The van der Waals surface area contributed by atoms with Gasteiger partial charge in [0.05, 0.1) is 0 Å². The van der Waals surface area contributed by atoms with Crippen molar-refractivity contribution >= 4 is 5.69 Å². The molecule has 1 aromatic carbocycles. The summed E-state index contributed by atoms with van der Waals surface area (Å²) in [6, 6.07) is 5.88. The van der Waals surface area contributed by atoms with Crippen LogP contribution in [0.5, 0.6) is 0 Å². The van der Waals surface area contributed by atoms with Gasteiger partial charge in [-0.15, -0.1) is 0 Å². The molecule has 2 heteroatoms. The molecule has 0 aliphatic rings. The number of anilines is 1. The number of rotatable bonds is 2. The number of hydrogen-bond donors (Lipinski definition) is 2. The quantitative estimate of drug-likeness (QED) is 0.624. The van der Waals surface area contributed by atoms with E-state index in [4.69, 9.17) is 11.5 Å². The molecule has 0 heterocycles. The molecule has 0 bridgehead atoms. The molecule has 0 saturated carbocycles. The Kier molecular flexibility index (Phi) is 2.49. The molecule has 0 fully saturated rings. The maximum absolute atomic E-state index is 5.75. The molecule has 1 aromatic rings. The molecule has 11 heavy (non-hydrogen) atoms. The molecule has 0 radical (unpaired) electrons. The highest BCUT2D eigenvalue weighted by molar-refractivity contribution is 5.50. The molecular formula is C9H14N2. The zero-order chi connectivity index (χ0) is 8.27. The molecule has 0 spiro atoms. The smallest absolute Gasteiger partial charge is 0.0349 e. The summed E-state index contributed by atoms with van der Waals surface area (Å²) < 4.78 is 0. The number of hydrogen-bond acceptors (Lipinski definition) is 2. The van der Waals surface area contributed by atoms with Crippen LogP contribution in [0.1, 0.15) is 18.1 Å². The third kappa shape index (κ3) is 1.52. The van der Waals surface area contributed by atoms with Gasteiger partial charge in [-0.2, -0.15) is 0 Å². The van der Waals surface area contributed by atoms with E-state index in [1.165, 1.54) is 5.56 Å². The molecule has 0 aliphatic carbocycles. The van der Waals surface area contributed by atoms with Crippen LogP contribution in [-0.4, -0.2) is 0 Å². The Balaban J connectivity index is 3.13. The lowest BCUT2D eigenvalue weighted by Crippen LogP contribution is -2.03. The fourth-order valence-corrected chi connectivity index (χ4v) is 1.28. The molecule has 0 unspecified atom stereocenters. The first-order chi connectivity index (χ1) is 5.29. The van der Waals surface area contributed by atoms with Crippen LogP contribution in [0, 0.1) is 0 Å². The van der Waals surface area contributed by atoms with Crippen LogP contribution in [0.15, 0.2) is 18.2 Å². The minimum Gasteiger partial charge on any atom is -0.398 e. The van der Waals surface area contributed by atoms with Crippen molar-refractivity contribution in [2.75, 3.05) is 5.73 Å². The molecule has 1 rings (SSSR count). The van der Waals surface area contributed by atoms with E-state index in [1.807, 2.05) is 18.2 Å². The van der Waals surface area contributed by atoms with Gasteiger partial charge in [-0.25, -0.2) is 0 Å². The van der Waals surface area contributed by atoms with Gasteiger partial charge in [0.2, 0.25) is 0 Å². The molecule has 2 nitrogen and oxygen atoms in total. The Labute approximate surface area is 67.2 Å². The van der Waals surface area contributed by atoms with Gasteiger partial charge in [-0.05, 0) is 23.6 Å². The third-order valence-electron chi connectivity index (χ3n) is 1.88. The standard InChI is InChI=1S/C9H14N2/c1-2-8-7(6-10)4-3-5-9(8)11/h3-5H,2,6,10-11H2,1H3. The van der Waals surface area contributed by atoms with Crippen molar-refractivity contribution in [2.24, 2.45) is 5.73 Å². The Morgan fingerprint density at radius 2 is 2.09 bits per heavy atom. The highest BCUT2D eigenvalue weighted by Gasteiger charge is 2.00. The molecule has 0 aromatic heterocycles. The Morgan fingerprint density at radius 1 is 1.36 bits per heavy atom. The maximum atomic E-state index is 5.75. The largest absolute Gasteiger partial charge is 0.398 e. The van der Waals surface area contributed by atoms with Crippen LogP contribution in [0.4, 0.5) is 5.69 Å². The van der Waals surface area contributed by atoms with Gasteiger partial charge in [0.1, 0.15) is 0 Å². The van der Waals surface area contributed by atoms with Crippen molar-refractivity contribution in [1.29, 1.82) is 0 Å². The second-order valence-electron chi connectivity index (χ2n) is 2.54. The summed E-state index contributed by atoms with van der Waals surface area (Å²) in [5.41, 5.74) is 14.5. The molecular weight excluding hydrogens is 136 g/mol. The van der Waals surface area contributed by atoms with Crippen molar-refractivity contribution in [3.05, 3.63) is 29.3 Å². The third-order valence-corrected chi connectivity index (χ3v) is 1.88. The number of nitrogens with two attached hydrogens (primary N) is 2. The summed E-state index contributed by atoms with van der Waals surface area (Å²) in [4.78, 5) is 0. The topological polar surface area (TPSA) is 52.0 Å². The van der Waals surface area contributed by atoms with Gasteiger partial charge < -0.3 is 11.5 Å². The highest BCUT2D eigenvalue weighted by Crippen LogP contribution is 2.16. The number of nitrogen functional groups attached to an aromatic ring is 1.